The predicted molar refractivity (Wildman–Crippen MR) is 79.9 cm³/mol. The number of carboxylic acid groups (broad SMARTS) is 1. The summed E-state index contributed by atoms with van der Waals surface area (Å²) in [5.41, 5.74) is 3.36. The first-order chi connectivity index (χ1) is 10.1. The molecular formula is C16H15N3O2. The average Bonchev–Trinajstić information content (AvgIpc) is 2.90. The molecule has 0 amide bonds. The van der Waals surface area contributed by atoms with Crippen LogP contribution in [-0.4, -0.2) is 26.1 Å². The zero-order valence-electron chi connectivity index (χ0n) is 11.8. The van der Waals surface area contributed by atoms with Crippen molar-refractivity contribution in [3.63, 3.8) is 0 Å². The standard InChI is InChI=1S/C16H15N3O2/c1-10(2)11-6-8-12(9-7-11)19-14-5-3-4-13(16(20)21)15(14)17-18-19/h3-10H,1-2H3,(H,20,21). The second kappa shape index (κ2) is 5.01. The third-order valence-corrected chi connectivity index (χ3v) is 3.51. The topological polar surface area (TPSA) is 68.0 Å². The Morgan fingerprint density at radius 3 is 2.48 bits per heavy atom. The van der Waals surface area contributed by atoms with Crippen LogP contribution in [0.15, 0.2) is 42.5 Å². The van der Waals surface area contributed by atoms with Crippen LogP contribution >= 0.6 is 0 Å². The van der Waals surface area contributed by atoms with Gasteiger partial charge < -0.3 is 5.11 Å². The lowest BCUT2D eigenvalue weighted by atomic mass is 10.0. The molecule has 0 bridgehead atoms. The largest absolute Gasteiger partial charge is 0.478 e. The van der Waals surface area contributed by atoms with Gasteiger partial charge in [-0.2, -0.15) is 0 Å². The quantitative estimate of drug-likeness (QED) is 0.800. The van der Waals surface area contributed by atoms with Crippen molar-refractivity contribution in [3.8, 4) is 5.69 Å². The average molecular weight is 281 g/mol. The van der Waals surface area contributed by atoms with Gasteiger partial charge in [-0.15, -0.1) is 5.10 Å². The molecular weight excluding hydrogens is 266 g/mol. The molecule has 0 fully saturated rings. The summed E-state index contributed by atoms with van der Waals surface area (Å²) < 4.78 is 1.66. The van der Waals surface area contributed by atoms with E-state index in [1.165, 1.54) is 11.6 Å². The van der Waals surface area contributed by atoms with Crippen LogP contribution in [0.1, 0.15) is 35.7 Å². The summed E-state index contributed by atoms with van der Waals surface area (Å²) in [4.78, 5) is 11.2. The Kier molecular flexibility index (Phi) is 3.17. The lowest BCUT2D eigenvalue weighted by Gasteiger charge is -2.07. The van der Waals surface area contributed by atoms with Gasteiger partial charge in [-0.3, -0.25) is 0 Å². The van der Waals surface area contributed by atoms with Gasteiger partial charge in [0.15, 0.2) is 0 Å². The molecule has 1 N–H and O–H groups in total. The van der Waals surface area contributed by atoms with Crippen LogP contribution in [-0.2, 0) is 0 Å². The number of rotatable bonds is 3. The van der Waals surface area contributed by atoms with Gasteiger partial charge in [-0.1, -0.05) is 37.3 Å². The Bertz CT molecular complexity index is 804. The summed E-state index contributed by atoms with van der Waals surface area (Å²) >= 11 is 0. The lowest BCUT2D eigenvalue weighted by molar-refractivity contribution is 0.0699. The molecule has 0 aliphatic carbocycles. The van der Waals surface area contributed by atoms with E-state index in [0.29, 0.717) is 17.0 Å². The van der Waals surface area contributed by atoms with E-state index >= 15 is 0 Å². The first kappa shape index (κ1) is 13.3. The zero-order valence-corrected chi connectivity index (χ0v) is 11.8. The number of benzene rings is 2. The summed E-state index contributed by atoms with van der Waals surface area (Å²) in [6, 6.07) is 13.1. The molecule has 1 heterocycles. The van der Waals surface area contributed by atoms with Crippen LogP contribution in [0.5, 0.6) is 0 Å². The third kappa shape index (κ3) is 2.27. The van der Waals surface area contributed by atoms with Gasteiger partial charge in [-0.25, -0.2) is 9.48 Å². The summed E-state index contributed by atoms with van der Waals surface area (Å²) in [6.07, 6.45) is 0. The first-order valence-electron chi connectivity index (χ1n) is 6.76. The van der Waals surface area contributed by atoms with Crippen molar-refractivity contribution in [3.05, 3.63) is 53.6 Å². The van der Waals surface area contributed by atoms with E-state index in [0.717, 1.165) is 5.69 Å². The minimum Gasteiger partial charge on any atom is -0.478 e. The molecule has 0 aliphatic rings. The highest BCUT2D eigenvalue weighted by Gasteiger charge is 2.14. The van der Waals surface area contributed by atoms with Gasteiger partial charge in [-0.05, 0) is 35.7 Å². The highest BCUT2D eigenvalue weighted by atomic mass is 16.4. The van der Waals surface area contributed by atoms with Crippen molar-refractivity contribution in [1.29, 1.82) is 0 Å². The van der Waals surface area contributed by atoms with Crippen molar-refractivity contribution in [2.45, 2.75) is 19.8 Å². The maximum absolute atomic E-state index is 11.2. The van der Waals surface area contributed by atoms with E-state index < -0.39 is 5.97 Å². The third-order valence-electron chi connectivity index (χ3n) is 3.51. The Hall–Kier alpha value is -2.69. The highest BCUT2D eigenvalue weighted by molar-refractivity contribution is 6.00. The molecule has 0 aliphatic heterocycles. The fourth-order valence-electron chi connectivity index (χ4n) is 2.31. The van der Waals surface area contributed by atoms with Crippen LogP contribution in [0.25, 0.3) is 16.7 Å². The second-order valence-electron chi connectivity index (χ2n) is 5.23. The van der Waals surface area contributed by atoms with Crippen LogP contribution in [0, 0.1) is 0 Å². The van der Waals surface area contributed by atoms with Crippen molar-refractivity contribution >= 4 is 17.0 Å². The molecule has 5 heteroatoms. The maximum Gasteiger partial charge on any atom is 0.338 e. The second-order valence-corrected chi connectivity index (χ2v) is 5.23. The van der Waals surface area contributed by atoms with E-state index in [9.17, 15) is 9.90 Å². The fourth-order valence-corrected chi connectivity index (χ4v) is 2.31. The fraction of sp³-hybridized carbons (Fsp3) is 0.188. The molecule has 0 saturated heterocycles. The SMILES string of the molecule is CC(C)c1ccc(-n2nnc3c(C(=O)O)cccc32)cc1. The Balaban J connectivity index is 2.13. The van der Waals surface area contributed by atoms with Crippen LogP contribution in [0.3, 0.4) is 0 Å². The molecule has 106 valence electrons. The number of carbonyl (C=O) groups is 1. The van der Waals surface area contributed by atoms with Gasteiger partial charge in [0.25, 0.3) is 0 Å². The molecule has 0 atom stereocenters. The zero-order chi connectivity index (χ0) is 15.0. The molecule has 1 aromatic heterocycles. The number of aromatic nitrogens is 3. The first-order valence-corrected chi connectivity index (χ1v) is 6.76. The van der Waals surface area contributed by atoms with Crippen molar-refractivity contribution in [2.75, 3.05) is 0 Å². The van der Waals surface area contributed by atoms with Crippen molar-refractivity contribution in [1.82, 2.24) is 15.0 Å². The predicted octanol–water partition coefficient (Wildman–Crippen LogP) is 3.24. The van der Waals surface area contributed by atoms with E-state index in [4.69, 9.17) is 0 Å². The van der Waals surface area contributed by atoms with Crippen LogP contribution in [0.2, 0.25) is 0 Å². The van der Waals surface area contributed by atoms with Crippen LogP contribution < -0.4 is 0 Å². The van der Waals surface area contributed by atoms with Gasteiger partial charge in [0.2, 0.25) is 0 Å². The van der Waals surface area contributed by atoms with Gasteiger partial charge in [0, 0.05) is 0 Å². The molecule has 21 heavy (non-hydrogen) atoms. The van der Waals surface area contributed by atoms with E-state index in [2.05, 4.69) is 36.3 Å². The molecule has 5 nitrogen and oxygen atoms in total. The molecule has 3 rings (SSSR count). The molecule has 0 saturated carbocycles. The van der Waals surface area contributed by atoms with E-state index in [-0.39, 0.29) is 5.56 Å². The minimum atomic E-state index is -0.997. The Morgan fingerprint density at radius 2 is 1.86 bits per heavy atom. The smallest absolute Gasteiger partial charge is 0.338 e. The van der Waals surface area contributed by atoms with Crippen molar-refractivity contribution in [2.24, 2.45) is 0 Å². The molecule has 0 radical (unpaired) electrons. The van der Waals surface area contributed by atoms with Gasteiger partial charge in [0.1, 0.15) is 5.52 Å². The molecule has 0 unspecified atom stereocenters. The maximum atomic E-state index is 11.2. The lowest BCUT2D eigenvalue weighted by Crippen LogP contribution is -1.99. The number of carboxylic acids is 1. The minimum absolute atomic E-state index is 0.164. The highest BCUT2D eigenvalue weighted by Crippen LogP contribution is 2.21. The summed E-state index contributed by atoms with van der Waals surface area (Å²) in [5, 5.41) is 17.3. The van der Waals surface area contributed by atoms with Crippen molar-refractivity contribution < 1.29 is 9.90 Å². The number of nitrogens with zero attached hydrogens (tertiary/aromatic N) is 3. The van der Waals surface area contributed by atoms with Crippen LogP contribution in [0.4, 0.5) is 0 Å². The van der Waals surface area contributed by atoms with E-state index in [1.54, 1.807) is 10.7 Å². The Labute approximate surface area is 121 Å². The number of fused-ring (bicyclic) bond motifs is 1. The summed E-state index contributed by atoms with van der Waals surface area (Å²) in [7, 11) is 0. The monoisotopic (exact) mass is 281 g/mol. The summed E-state index contributed by atoms with van der Waals surface area (Å²) in [5.74, 6) is -0.534. The number of hydrogen-bond acceptors (Lipinski definition) is 3. The summed E-state index contributed by atoms with van der Waals surface area (Å²) in [6.45, 7) is 4.28. The number of hydrogen-bond donors (Lipinski definition) is 1. The molecule has 2 aromatic carbocycles. The Morgan fingerprint density at radius 1 is 1.14 bits per heavy atom. The van der Waals surface area contributed by atoms with Gasteiger partial charge in [0.05, 0.1) is 16.8 Å². The normalized spacial score (nSPS) is 11.2. The van der Waals surface area contributed by atoms with Gasteiger partial charge >= 0.3 is 5.97 Å². The molecule has 3 aromatic rings. The molecule has 0 spiro atoms. The number of aromatic carboxylic acids is 1. The van der Waals surface area contributed by atoms with E-state index in [1.807, 2.05) is 18.2 Å².